The molecule has 2 aliphatic rings. The van der Waals surface area contributed by atoms with Crippen LogP contribution in [0.25, 0.3) is 0 Å². The molecule has 2 aliphatic carbocycles. The molecule has 1 saturated carbocycles. The van der Waals surface area contributed by atoms with E-state index in [0.717, 1.165) is 35.8 Å². The lowest BCUT2D eigenvalue weighted by Gasteiger charge is -2.52. The van der Waals surface area contributed by atoms with E-state index in [1.165, 1.54) is 25.7 Å². The Kier molecular flexibility index (Phi) is 5.15. The first-order valence-electron chi connectivity index (χ1n) is 9.34. The summed E-state index contributed by atoms with van der Waals surface area (Å²) in [6.07, 6.45) is 12.1. The van der Waals surface area contributed by atoms with Gasteiger partial charge in [-0.2, -0.15) is 0 Å². The third-order valence-electron chi connectivity index (χ3n) is 6.54. The lowest BCUT2D eigenvalue weighted by Crippen LogP contribution is -2.45. The Bertz CT molecular complexity index is 538. The van der Waals surface area contributed by atoms with Crippen molar-refractivity contribution in [3.05, 3.63) is 23.2 Å². The fourth-order valence-electron chi connectivity index (χ4n) is 5.14. The van der Waals surface area contributed by atoms with Crippen molar-refractivity contribution >= 4 is 11.3 Å². The monoisotopic (exact) mass is 333 g/mol. The molecule has 0 spiro atoms. The summed E-state index contributed by atoms with van der Waals surface area (Å²) < 4.78 is 6.13. The molecular formula is C20H31NOS. The average molecular weight is 334 g/mol. The van der Waals surface area contributed by atoms with E-state index in [2.05, 4.69) is 38.8 Å². The van der Waals surface area contributed by atoms with Crippen molar-refractivity contribution in [1.82, 2.24) is 4.98 Å². The molecule has 2 nitrogen and oxygen atoms in total. The van der Waals surface area contributed by atoms with Crippen LogP contribution in [0, 0.1) is 23.2 Å². The number of hydrogen-bond donors (Lipinski definition) is 0. The van der Waals surface area contributed by atoms with Crippen LogP contribution in [0.3, 0.4) is 0 Å². The normalized spacial score (nSPS) is 35.3. The second-order valence-corrected chi connectivity index (χ2v) is 8.60. The van der Waals surface area contributed by atoms with Crippen LogP contribution in [-0.4, -0.2) is 11.1 Å². The Morgan fingerprint density at radius 3 is 2.91 bits per heavy atom. The topological polar surface area (TPSA) is 22.1 Å². The maximum Gasteiger partial charge on any atom is 0.273 e. The number of aromatic nitrogens is 1. The molecule has 0 bridgehead atoms. The van der Waals surface area contributed by atoms with Crippen molar-refractivity contribution < 1.29 is 4.74 Å². The molecule has 0 N–H and O–H groups in total. The number of rotatable bonds is 5. The molecule has 1 aromatic heterocycles. The molecular weight excluding hydrogens is 302 g/mol. The Labute approximate surface area is 145 Å². The molecule has 1 aromatic rings. The van der Waals surface area contributed by atoms with Crippen LogP contribution in [-0.2, 0) is 0 Å². The minimum absolute atomic E-state index is 0.316. The first kappa shape index (κ1) is 17.0. The summed E-state index contributed by atoms with van der Waals surface area (Å²) in [4.78, 5) is 4.29. The summed E-state index contributed by atoms with van der Waals surface area (Å²) in [7, 11) is 0. The minimum Gasteiger partial charge on any atom is -0.466 e. The molecule has 5 atom stereocenters. The molecule has 1 fully saturated rings. The van der Waals surface area contributed by atoms with Crippen LogP contribution in [0.5, 0.6) is 5.19 Å². The molecule has 1 heterocycles. The van der Waals surface area contributed by atoms with Gasteiger partial charge in [-0.3, -0.25) is 0 Å². The largest absolute Gasteiger partial charge is 0.466 e. The molecule has 3 unspecified atom stereocenters. The van der Waals surface area contributed by atoms with E-state index < -0.39 is 0 Å². The first-order valence-corrected chi connectivity index (χ1v) is 10.2. The van der Waals surface area contributed by atoms with E-state index in [9.17, 15) is 0 Å². The van der Waals surface area contributed by atoms with E-state index in [4.69, 9.17) is 4.74 Å². The number of fused-ring (bicyclic) bond motifs is 1. The minimum atomic E-state index is 0.316. The van der Waals surface area contributed by atoms with Crippen molar-refractivity contribution in [3.63, 3.8) is 0 Å². The second-order valence-electron chi connectivity index (χ2n) is 7.74. The van der Waals surface area contributed by atoms with Crippen LogP contribution in [0.15, 0.2) is 23.2 Å². The molecule has 0 radical (unpaired) electrons. The highest BCUT2D eigenvalue weighted by Gasteiger charge is 2.48. The van der Waals surface area contributed by atoms with Crippen molar-refractivity contribution in [1.29, 1.82) is 0 Å². The van der Waals surface area contributed by atoms with Crippen molar-refractivity contribution in [2.45, 2.75) is 72.3 Å². The molecule has 0 aliphatic heterocycles. The van der Waals surface area contributed by atoms with Gasteiger partial charge in [0.05, 0.1) is 0 Å². The number of nitrogens with zero attached hydrogens (tertiary/aromatic N) is 1. The number of allylic oxidation sites excluding steroid dienone is 1. The van der Waals surface area contributed by atoms with Gasteiger partial charge in [0.15, 0.2) is 0 Å². The summed E-state index contributed by atoms with van der Waals surface area (Å²) in [6, 6.07) is 0. The quantitative estimate of drug-likeness (QED) is 0.607. The maximum absolute atomic E-state index is 6.13. The zero-order valence-electron chi connectivity index (χ0n) is 15.0. The molecule has 23 heavy (non-hydrogen) atoms. The van der Waals surface area contributed by atoms with Gasteiger partial charge in [0.2, 0.25) is 0 Å². The summed E-state index contributed by atoms with van der Waals surface area (Å²) in [6.45, 7) is 9.74. The molecule has 128 valence electrons. The van der Waals surface area contributed by atoms with E-state index in [0.29, 0.717) is 11.5 Å². The van der Waals surface area contributed by atoms with Crippen LogP contribution < -0.4 is 4.74 Å². The molecule has 0 amide bonds. The van der Waals surface area contributed by atoms with E-state index in [1.807, 2.05) is 11.6 Å². The maximum atomic E-state index is 6.13. The van der Waals surface area contributed by atoms with Crippen molar-refractivity contribution in [2.24, 2.45) is 23.2 Å². The number of ether oxygens (including phenoxy) is 1. The lowest BCUT2D eigenvalue weighted by molar-refractivity contribution is 0.0285. The van der Waals surface area contributed by atoms with Gasteiger partial charge in [-0.15, -0.1) is 0 Å². The number of hydrogen-bond acceptors (Lipinski definition) is 3. The SMILES string of the molecule is CCC(C)C1C(CC)CC=C2C[C@@H](Oc3nccs3)CC[C@@]21C. The van der Waals surface area contributed by atoms with E-state index in [-0.39, 0.29) is 0 Å². The van der Waals surface area contributed by atoms with Gasteiger partial charge in [-0.25, -0.2) is 4.98 Å². The third kappa shape index (κ3) is 3.22. The Morgan fingerprint density at radius 2 is 2.26 bits per heavy atom. The predicted molar refractivity (Wildman–Crippen MR) is 97.9 cm³/mol. The van der Waals surface area contributed by atoms with Gasteiger partial charge in [0.25, 0.3) is 5.19 Å². The Morgan fingerprint density at radius 1 is 1.43 bits per heavy atom. The van der Waals surface area contributed by atoms with Crippen LogP contribution in [0.2, 0.25) is 0 Å². The standard InChI is InChI=1S/C20H31NOS/c1-5-14(3)18-15(6-2)7-8-16-13-17(9-10-20(16,18)4)22-19-21-11-12-23-19/h8,11-12,14-15,17-18H,5-7,9-10,13H2,1-4H3/t14?,15?,17-,18?,20-/m0/s1. The number of thiazole rings is 1. The molecule has 0 aromatic carbocycles. The van der Waals surface area contributed by atoms with Crippen LogP contribution in [0.4, 0.5) is 0 Å². The third-order valence-corrected chi connectivity index (χ3v) is 7.20. The Hall–Kier alpha value is -0.830. The van der Waals surface area contributed by atoms with Gasteiger partial charge < -0.3 is 4.74 Å². The van der Waals surface area contributed by atoms with Crippen LogP contribution in [0.1, 0.15) is 66.2 Å². The zero-order valence-corrected chi connectivity index (χ0v) is 15.9. The summed E-state index contributed by atoms with van der Waals surface area (Å²) >= 11 is 1.61. The van der Waals surface area contributed by atoms with Crippen molar-refractivity contribution in [3.8, 4) is 5.19 Å². The van der Waals surface area contributed by atoms with E-state index in [1.54, 1.807) is 16.9 Å². The smallest absolute Gasteiger partial charge is 0.273 e. The highest BCUT2D eigenvalue weighted by Crippen LogP contribution is 2.56. The van der Waals surface area contributed by atoms with Crippen LogP contribution >= 0.6 is 11.3 Å². The summed E-state index contributed by atoms with van der Waals surface area (Å²) in [5.74, 6) is 2.50. The highest BCUT2D eigenvalue weighted by molar-refractivity contribution is 7.11. The van der Waals surface area contributed by atoms with Gasteiger partial charge in [-0.05, 0) is 42.4 Å². The summed E-state index contributed by atoms with van der Waals surface area (Å²) in [5.41, 5.74) is 2.05. The van der Waals surface area contributed by atoms with Gasteiger partial charge in [-0.1, -0.05) is 63.5 Å². The molecule has 0 saturated heterocycles. The second kappa shape index (κ2) is 6.96. The highest BCUT2D eigenvalue weighted by atomic mass is 32.1. The average Bonchev–Trinajstić information content (AvgIpc) is 3.06. The molecule has 3 heteroatoms. The summed E-state index contributed by atoms with van der Waals surface area (Å²) in [5, 5.41) is 2.83. The fourth-order valence-corrected chi connectivity index (χ4v) is 5.69. The van der Waals surface area contributed by atoms with Gasteiger partial charge in [0, 0.05) is 18.0 Å². The van der Waals surface area contributed by atoms with Gasteiger partial charge in [0.1, 0.15) is 6.10 Å². The van der Waals surface area contributed by atoms with Crippen molar-refractivity contribution in [2.75, 3.05) is 0 Å². The molecule has 3 rings (SSSR count). The lowest BCUT2D eigenvalue weighted by atomic mass is 9.53. The fraction of sp³-hybridized carbons (Fsp3) is 0.750. The first-order chi connectivity index (χ1) is 11.1. The Balaban J connectivity index is 1.78. The predicted octanol–water partition coefficient (Wildman–Crippen LogP) is 6.10. The zero-order chi connectivity index (χ0) is 16.4. The van der Waals surface area contributed by atoms with E-state index >= 15 is 0 Å². The van der Waals surface area contributed by atoms with Gasteiger partial charge >= 0.3 is 0 Å².